The number of hydrogen-bond acceptors (Lipinski definition) is 3. The highest BCUT2D eigenvalue weighted by atomic mass is 16.5. The number of para-hydroxylation sites is 1. The molecule has 0 heterocycles. The Kier molecular flexibility index (Phi) is 5.16. The number of aliphatic hydroxyl groups is 1. The van der Waals surface area contributed by atoms with Crippen molar-refractivity contribution in [2.45, 2.75) is 25.8 Å². The van der Waals surface area contributed by atoms with Crippen molar-refractivity contribution in [2.24, 2.45) is 5.73 Å². The normalized spacial score (nSPS) is 12.2. The van der Waals surface area contributed by atoms with Crippen molar-refractivity contribution in [1.29, 1.82) is 0 Å². The summed E-state index contributed by atoms with van der Waals surface area (Å²) in [6, 6.07) is 15.7. The van der Waals surface area contributed by atoms with Gasteiger partial charge in [0, 0.05) is 12.6 Å². The molecule has 0 saturated carbocycles. The summed E-state index contributed by atoms with van der Waals surface area (Å²) < 4.78 is 5.88. The summed E-state index contributed by atoms with van der Waals surface area (Å²) in [6.45, 7) is 2.19. The zero-order valence-electron chi connectivity index (χ0n) is 11.8. The zero-order chi connectivity index (χ0) is 14.4. The van der Waals surface area contributed by atoms with Gasteiger partial charge in [0.05, 0.1) is 0 Å². The van der Waals surface area contributed by atoms with Gasteiger partial charge in [0.2, 0.25) is 0 Å². The van der Waals surface area contributed by atoms with Crippen molar-refractivity contribution in [2.75, 3.05) is 6.61 Å². The first-order valence-corrected chi connectivity index (χ1v) is 6.96. The van der Waals surface area contributed by atoms with Crippen LogP contribution in [0.3, 0.4) is 0 Å². The maximum absolute atomic E-state index is 9.07. The summed E-state index contributed by atoms with van der Waals surface area (Å²) in [5.74, 6) is 1.57. The predicted octanol–water partition coefficient (Wildman–Crippen LogP) is 3.42. The van der Waals surface area contributed by atoms with Crippen molar-refractivity contribution >= 4 is 0 Å². The topological polar surface area (TPSA) is 55.5 Å². The lowest BCUT2D eigenvalue weighted by molar-refractivity contribution is 0.298. The summed E-state index contributed by atoms with van der Waals surface area (Å²) in [7, 11) is 0. The Morgan fingerprint density at radius 3 is 2.45 bits per heavy atom. The van der Waals surface area contributed by atoms with E-state index in [0.717, 1.165) is 29.0 Å². The fraction of sp³-hybridized carbons (Fsp3) is 0.294. The Labute approximate surface area is 120 Å². The molecule has 106 valence electrons. The van der Waals surface area contributed by atoms with Crippen LogP contribution in [-0.2, 0) is 6.42 Å². The number of nitrogens with two attached hydrogens (primary N) is 1. The summed E-state index contributed by atoms with van der Waals surface area (Å²) in [4.78, 5) is 0. The molecule has 0 radical (unpaired) electrons. The minimum absolute atomic E-state index is 0.0747. The van der Waals surface area contributed by atoms with Gasteiger partial charge in [-0.05, 0) is 42.2 Å². The van der Waals surface area contributed by atoms with Gasteiger partial charge in [-0.1, -0.05) is 37.3 Å². The van der Waals surface area contributed by atoms with Crippen molar-refractivity contribution in [1.82, 2.24) is 0 Å². The highest BCUT2D eigenvalue weighted by Gasteiger charge is 2.06. The van der Waals surface area contributed by atoms with Crippen LogP contribution in [0.4, 0.5) is 0 Å². The van der Waals surface area contributed by atoms with E-state index in [9.17, 15) is 0 Å². The monoisotopic (exact) mass is 271 g/mol. The minimum atomic E-state index is 0.0747. The summed E-state index contributed by atoms with van der Waals surface area (Å²) in [6.07, 6.45) is 1.51. The van der Waals surface area contributed by atoms with Crippen LogP contribution in [0.1, 0.15) is 30.5 Å². The molecule has 0 unspecified atom stereocenters. The summed E-state index contributed by atoms with van der Waals surface area (Å²) >= 11 is 0. The molecule has 0 spiro atoms. The van der Waals surface area contributed by atoms with Gasteiger partial charge in [0.25, 0.3) is 0 Å². The maximum Gasteiger partial charge on any atom is 0.130 e. The van der Waals surface area contributed by atoms with Gasteiger partial charge in [-0.25, -0.2) is 0 Å². The summed E-state index contributed by atoms with van der Waals surface area (Å²) in [5, 5.41) is 9.07. The van der Waals surface area contributed by atoms with Crippen LogP contribution >= 0.6 is 0 Å². The molecule has 3 N–H and O–H groups in total. The quantitative estimate of drug-likeness (QED) is 0.846. The second-order valence-electron chi connectivity index (χ2n) is 4.77. The molecule has 0 saturated heterocycles. The number of aliphatic hydroxyl groups excluding tert-OH is 1. The van der Waals surface area contributed by atoms with Crippen LogP contribution in [0.25, 0.3) is 0 Å². The molecule has 3 heteroatoms. The van der Waals surface area contributed by atoms with Gasteiger partial charge in [0.1, 0.15) is 11.5 Å². The first kappa shape index (κ1) is 14.6. The molecular weight excluding hydrogens is 250 g/mol. The number of rotatable bonds is 6. The highest BCUT2D eigenvalue weighted by Crippen LogP contribution is 2.26. The average molecular weight is 271 g/mol. The van der Waals surface area contributed by atoms with Crippen LogP contribution in [0, 0.1) is 0 Å². The first-order valence-electron chi connectivity index (χ1n) is 6.96. The predicted molar refractivity (Wildman–Crippen MR) is 81.0 cm³/mol. The minimum Gasteiger partial charge on any atom is -0.457 e. The lowest BCUT2D eigenvalue weighted by Gasteiger charge is -2.12. The summed E-state index contributed by atoms with van der Waals surface area (Å²) in [5.41, 5.74) is 8.11. The zero-order valence-corrected chi connectivity index (χ0v) is 11.8. The Morgan fingerprint density at radius 1 is 1.10 bits per heavy atom. The van der Waals surface area contributed by atoms with E-state index in [2.05, 4.69) is 6.92 Å². The molecule has 2 aromatic carbocycles. The third kappa shape index (κ3) is 3.59. The molecule has 0 bridgehead atoms. The SMILES string of the molecule is CC[C@H](N)c1ccc(Oc2ccccc2CCO)cc1. The van der Waals surface area contributed by atoms with E-state index in [4.69, 9.17) is 15.6 Å². The lowest BCUT2D eigenvalue weighted by atomic mass is 10.1. The highest BCUT2D eigenvalue weighted by molar-refractivity contribution is 5.39. The van der Waals surface area contributed by atoms with E-state index in [1.54, 1.807) is 0 Å². The van der Waals surface area contributed by atoms with E-state index >= 15 is 0 Å². The van der Waals surface area contributed by atoms with Crippen LogP contribution in [-0.4, -0.2) is 11.7 Å². The van der Waals surface area contributed by atoms with Gasteiger partial charge < -0.3 is 15.6 Å². The van der Waals surface area contributed by atoms with E-state index < -0.39 is 0 Å². The number of hydrogen-bond donors (Lipinski definition) is 2. The fourth-order valence-electron chi connectivity index (χ4n) is 2.08. The van der Waals surface area contributed by atoms with E-state index in [-0.39, 0.29) is 12.6 Å². The van der Waals surface area contributed by atoms with Crippen molar-refractivity contribution in [3.8, 4) is 11.5 Å². The Hall–Kier alpha value is -1.84. The molecule has 2 rings (SSSR count). The van der Waals surface area contributed by atoms with Gasteiger partial charge in [-0.3, -0.25) is 0 Å². The van der Waals surface area contributed by atoms with E-state index in [0.29, 0.717) is 6.42 Å². The number of ether oxygens (including phenoxy) is 1. The first-order chi connectivity index (χ1) is 9.74. The molecule has 0 aliphatic rings. The van der Waals surface area contributed by atoms with E-state index in [1.807, 2.05) is 48.5 Å². The molecule has 20 heavy (non-hydrogen) atoms. The molecule has 2 aromatic rings. The Bertz CT molecular complexity index is 537. The van der Waals surface area contributed by atoms with Gasteiger partial charge in [-0.15, -0.1) is 0 Å². The molecule has 0 amide bonds. The molecule has 1 atom stereocenters. The fourth-order valence-corrected chi connectivity index (χ4v) is 2.08. The average Bonchev–Trinajstić information content (AvgIpc) is 2.49. The second kappa shape index (κ2) is 7.08. The van der Waals surface area contributed by atoms with Gasteiger partial charge >= 0.3 is 0 Å². The maximum atomic E-state index is 9.07. The third-order valence-corrected chi connectivity index (χ3v) is 3.33. The van der Waals surface area contributed by atoms with Crippen LogP contribution in [0.5, 0.6) is 11.5 Å². The third-order valence-electron chi connectivity index (χ3n) is 3.33. The van der Waals surface area contributed by atoms with Gasteiger partial charge in [-0.2, -0.15) is 0 Å². The molecule has 0 aliphatic heterocycles. The molecule has 0 aliphatic carbocycles. The Balaban J connectivity index is 2.14. The van der Waals surface area contributed by atoms with Crippen LogP contribution in [0.2, 0.25) is 0 Å². The van der Waals surface area contributed by atoms with Crippen LogP contribution in [0.15, 0.2) is 48.5 Å². The largest absolute Gasteiger partial charge is 0.457 e. The van der Waals surface area contributed by atoms with Crippen LogP contribution < -0.4 is 10.5 Å². The second-order valence-corrected chi connectivity index (χ2v) is 4.77. The Morgan fingerprint density at radius 2 is 1.80 bits per heavy atom. The molecule has 0 aromatic heterocycles. The lowest BCUT2D eigenvalue weighted by Crippen LogP contribution is -2.08. The molecular formula is C17H21NO2. The van der Waals surface area contributed by atoms with E-state index in [1.165, 1.54) is 0 Å². The smallest absolute Gasteiger partial charge is 0.130 e. The van der Waals surface area contributed by atoms with Gasteiger partial charge in [0.15, 0.2) is 0 Å². The van der Waals surface area contributed by atoms with Crippen molar-refractivity contribution in [3.05, 3.63) is 59.7 Å². The molecule has 0 fully saturated rings. The van der Waals surface area contributed by atoms with Crippen molar-refractivity contribution in [3.63, 3.8) is 0 Å². The van der Waals surface area contributed by atoms with Crippen molar-refractivity contribution < 1.29 is 9.84 Å². The number of benzene rings is 2. The standard InChI is InChI=1S/C17H21NO2/c1-2-16(18)13-7-9-15(10-8-13)20-17-6-4-3-5-14(17)11-12-19/h3-10,16,19H,2,11-12,18H2,1H3/t16-/m0/s1. The molecule has 3 nitrogen and oxygen atoms in total.